The third-order valence-corrected chi connectivity index (χ3v) is 4.93. The first kappa shape index (κ1) is 14.6. The number of benzene rings is 1. The van der Waals surface area contributed by atoms with E-state index < -0.39 is 0 Å². The molecule has 19 heavy (non-hydrogen) atoms. The van der Waals surface area contributed by atoms with E-state index in [9.17, 15) is 0 Å². The molecule has 102 valence electrons. The molecule has 0 radical (unpaired) electrons. The predicted octanol–water partition coefficient (Wildman–Crippen LogP) is 4.28. The summed E-state index contributed by atoms with van der Waals surface area (Å²) in [5, 5.41) is 4.79. The Morgan fingerprint density at radius 3 is 2.26 bits per heavy atom. The number of halogens is 1. The molecule has 2 nitrogen and oxygen atoms in total. The van der Waals surface area contributed by atoms with Crippen LogP contribution in [0.2, 0.25) is 0 Å². The van der Waals surface area contributed by atoms with Gasteiger partial charge in [-0.1, -0.05) is 32.0 Å². The smallest absolute Gasteiger partial charge is 0.0758 e. The van der Waals surface area contributed by atoms with Gasteiger partial charge in [-0.05, 0) is 66.0 Å². The van der Waals surface area contributed by atoms with Crippen molar-refractivity contribution in [2.45, 2.75) is 47.1 Å². The Morgan fingerprint density at radius 1 is 1.11 bits per heavy atom. The van der Waals surface area contributed by atoms with Gasteiger partial charge in [0, 0.05) is 0 Å². The number of aryl methyl sites for hydroxylation is 3. The van der Waals surface area contributed by atoms with E-state index in [0.29, 0.717) is 0 Å². The number of hydrogen-bond donors (Lipinski definition) is 0. The third kappa shape index (κ3) is 2.86. The Bertz CT molecular complexity index is 564. The van der Waals surface area contributed by atoms with Crippen LogP contribution in [0.4, 0.5) is 0 Å². The summed E-state index contributed by atoms with van der Waals surface area (Å²) in [6.45, 7) is 9.64. The van der Waals surface area contributed by atoms with Crippen molar-refractivity contribution in [2.75, 3.05) is 0 Å². The summed E-state index contributed by atoms with van der Waals surface area (Å²) in [6.07, 6.45) is 2.04. The van der Waals surface area contributed by atoms with Gasteiger partial charge in [0.05, 0.1) is 21.5 Å². The first-order valence-corrected chi connectivity index (χ1v) is 7.95. The normalized spacial score (nSPS) is 11.0. The topological polar surface area (TPSA) is 17.8 Å². The molecular formula is C16H21IN2. The van der Waals surface area contributed by atoms with Crippen molar-refractivity contribution in [1.82, 2.24) is 9.78 Å². The fraction of sp³-hybridized carbons (Fsp3) is 0.438. The molecule has 0 aliphatic heterocycles. The minimum atomic E-state index is 0.887. The van der Waals surface area contributed by atoms with E-state index in [2.05, 4.69) is 73.2 Å². The van der Waals surface area contributed by atoms with Crippen LogP contribution in [0.5, 0.6) is 0 Å². The van der Waals surface area contributed by atoms with Crippen molar-refractivity contribution in [2.24, 2.45) is 0 Å². The zero-order chi connectivity index (χ0) is 14.0. The first-order chi connectivity index (χ1) is 9.08. The maximum absolute atomic E-state index is 4.79. The third-order valence-electron chi connectivity index (χ3n) is 3.68. The first-order valence-electron chi connectivity index (χ1n) is 6.87. The summed E-state index contributed by atoms with van der Waals surface area (Å²) in [6, 6.07) is 6.49. The summed E-state index contributed by atoms with van der Waals surface area (Å²) < 4.78 is 3.53. The standard InChI is InChI=1S/C16H21IN2/c1-5-14-16(17)15(6-2)19(18-14)10-13-11(3)8-7-9-12(13)4/h7-9H,5-6,10H2,1-4H3. The molecule has 2 rings (SSSR count). The Labute approximate surface area is 129 Å². The van der Waals surface area contributed by atoms with Crippen LogP contribution in [0, 0.1) is 17.4 Å². The van der Waals surface area contributed by atoms with Gasteiger partial charge < -0.3 is 0 Å². The van der Waals surface area contributed by atoms with Crippen molar-refractivity contribution < 1.29 is 0 Å². The van der Waals surface area contributed by atoms with Crippen LogP contribution >= 0.6 is 22.6 Å². The average molecular weight is 368 g/mol. The summed E-state index contributed by atoms with van der Waals surface area (Å²) in [4.78, 5) is 0. The lowest BCUT2D eigenvalue weighted by atomic mass is 10.0. The van der Waals surface area contributed by atoms with E-state index in [0.717, 1.165) is 19.4 Å². The molecule has 3 heteroatoms. The monoisotopic (exact) mass is 368 g/mol. The number of aromatic nitrogens is 2. The second-order valence-corrected chi connectivity index (χ2v) is 6.02. The van der Waals surface area contributed by atoms with Gasteiger partial charge >= 0.3 is 0 Å². The van der Waals surface area contributed by atoms with Crippen LogP contribution in [0.15, 0.2) is 18.2 Å². The lowest BCUT2D eigenvalue weighted by Crippen LogP contribution is -2.09. The largest absolute Gasteiger partial charge is 0.264 e. The number of nitrogens with zero attached hydrogens (tertiary/aromatic N) is 2. The molecule has 0 bridgehead atoms. The maximum Gasteiger partial charge on any atom is 0.0758 e. The average Bonchev–Trinajstić information content (AvgIpc) is 2.69. The van der Waals surface area contributed by atoms with Crippen LogP contribution in [-0.2, 0) is 19.4 Å². The van der Waals surface area contributed by atoms with E-state index in [1.807, 2.05) is 0 Å². The second kappa shape index (κ2) is 6.07. The van der Waals surface area contributed by atoms with E-state index in [4.69, 9.17) is 5.10 Å². The lowest BCUT2D eigenvalue weighted by molar-refractivity contribution is 0.636. The lowest BCUT2D eigenvalue weighted by Gasteiger charge is -2.12. The van der Waals surface area contributed by atoms with Crippen molar-refractivity contribution in [1.29, 1.82) is 0 Å². The van der Waals surface area contributed by atoms with Gasteiger partial charge in [0.2, 0.25) is 0 Å². The van der Waals surface area contributed by atoms with Crippen molar-refractivity contribution in [3.05, 3.63) is 49.8 Å². The molecular weight excluding hydrogens is 347 g/mol. The fourth-order valence-electron chi connectivity index (χ4n) is 2.47. The summed E-state index contributed by atoms with van der Waals surface area (Å²) >= 11 is 2.44. The molecule has 0 N–H and O–H groups in total. The highest BCUT2D eigenvalue weighted by Crippen LogP contribution is 2.21. The molecule has 2 aromatic rings. The van der Waals surface area contributed by atoms with Crippen LogP contribution in [0.1, 0.15) is 41.9 Å². The van der Waals surface area contributed by atoms with Gasteiger partial charge in [-0.2, -0.15) is 5.10 Å². The molecule has 0 saturated carbocycles. The Hall–Kier alpha value is -0.840. The molecule has 0 amide bonds. The molecule has 0 spiro atoms. The van der Waals surface area contributed by atoms with Gasteiger partial charge in [0.15, 0.2) is 0 Å². The molecule has 0 unspecified atom stereocenters. The maximum atomic E-state index is 4.79. The highest BCUT2D eigenvalue weighted by molar-refractivity contribution is 14.1. The molecule has 0 fully saturated rings. The van der Waals surface area contributed by atoms with Crippen LogP contribution < -0.4 is 0 Å². The highest BCUT2D eigenvalue weighted by Gasteiger charge is 2.14. The molecule has 0 aliphatic carbocycles. The summed E-state index contributed by atoms with van der Waals surface area (Å²) in [7, 11) is 0. The van der Waals surface area contributed by atoms with Gasteiger partial charge in [0.1, 0.15) is 0 Å². The molecule has 1 heterocycles. The van der Waals surface area contributed by atoms with Crippen LogP contribution in [0.25, 0.3) is 0 Å². The fourth-order valence-corrected chi connectivity index (χ4v) is 3.62. The zero-order valence-electron chi connectivity index (χ0n) is 12.1. The van der Waals surface area contributed by atoms with E-state index in [1.165, 1.54) is 31.6 Å². The van der Waals surface area contributed by atoms with Crippen molar-refractivity contribution in [3.8, 4) is 0 Å². The zero-order valence-corrected chi connectivity index (χ0v) is 14.3. The molecule has 1 aromatic carbocycles. The Kier molecular flexibility index (Phi) is 4.66. The Balaban J connectivity index is 2.43. The highest BCUT2D eigenvalue weighted by atomic mass is 127. The Morgan fingerprint density at radius 2 is 1.74 bits per heavy atom. The second-order valence-electron chi connectivity index (χ2n) is 4.94. The minimum absolute atomic E-state index is 0.887. The van der Waals surface area contributed by atoms with Crippen molar-refractivity contribution in [3.63, 3.8) is 0 Å². The van der Waals surface area contributed by atoms with E-state index in [-0.39, 0.29) is 0 Å². The molecule has 0 atom stereocenters. The number of rotatable bonds is 4. The van der Waals surface area contributed by atoms with Gasteiger partial charge in [0.25, 0.3) is 0 Å². The van der Waals surface area contributed by atoms with Gasteiger partial charge in [-0.25, -0.2) is 0 Å². The van der Waals surface area contributed by atoms with Gasteiger partial charge in [-0.15, -0.1) is 0 Å². The SMILES string of the molecule is CCc1nn(Cc2c(C)cccc2C)c(CC)c1I. The van der Waals surface area contributed by atoms with E-state index >= 15 is 0 Å². The summed E-state index contributed by atoms with van der Waals surface area (Å²) in [5.41, 5.74) is 6.69. The van der Waals surface area contributed by atoms with Crippen LogP contribution in [-0.4, -0.2) is 9.78 Å². The number of hydrogen-bond acceptors (Lipinski definition) is 1. The van der Waals surface area contributed by atoms with E-state index in [1.54, 1.807) is 0 Å². The quantitative estimate of drug-likeness (QED) is 0.737. The minimum Gasteiger partial charge on any atom is -0.264 e. The van der Waals surface area contributed by atoms with Gasteiger partial charge in [-0.3, -0.25) is 4.68 Å². The molecule has 1 aromatic heterocycles. The molecule has 0 aliphatic rings. The molecule has 0 saturated heterocycles. The predicted molar refractivity (Wildman–Crippen MR) is 88.7 cm³/mol. The summed E-state index contributed by atoms with van der Waals surface area (Å²) in [5.74, 6) is 0. The van der Waals surface area contributed by atoms with Crippen LogP contribution in [0.3, 0.4) is 0 Å². The van der Waals surface area contributed by atoms with Crippen molar-refractivity contribution >= 4 is 22.6 Å².